The van der Waals surface area contributed by atoms with Crippen LogP contribution >= 0.6 is 11.3 Å². The summed E-state index contributed by atoms with van der Waals surface area (Å²) < 4.78 is 10.9. The monoisotopic (exact) mass is 489 g/mol. The van der Waals surface area contributed by atoms with Crippen LogP contribution in [0.15, 0.2) is 77.4 Å². The van der Waals surface area contributed by atoms with Crippen molar-refractivity contribution in [2.75, 3.05) is 11.5 Å². The topological polar surface area (TPSA) is 84.7 Å². The number of carbonyl (C=O) groups excluding carboxylic acids is 2. The van der Waals surface area contributed by atoms with Crippen molar-refractivity contribution in [3.63, 3.8) is 0 Å². The highest BCUT2D eigenvalue weighted by molar-refractivity contribution is 7.13. The number of hydrogen-bond donors (Lipinski definition) is 1. The van der Waals surface area contributed by atoms with Gasteiger partial charge in [0, 0.05) is 5.69 Å². The Bertz CT molecular complexity index is 1270. The van der Waals surface area contributed by atoms with Gasteiger partial charge in [-0.05, 0) is 62.7 Å². The van der Waals surface area contributed by atoms with E-state index in [9.17, 15) is 9.59 Å². The molecule has 1 atom stereocenters. The van der Waals surface area contributed by atoms with E-state index in [1.807, 2.05) is 51.1 Å². The molecule has 2 aromatic heterocycles. The number of anilines is 1. The van der Waals surface area contributed by atoms with Crippen LogP contribution in [0.5, 0.6) is 5.75 Å². The van der Waals surface area contributed by atoms with Crippen LogP contribution in [0.2, 0.25) is 0 Å². The number of nitrogens with one attached hydrogen (secondary N) is 1. The minimum absolute atomic E-state index is 0.208. The van der Waals surface area contributed by atoms with Crippen LogP contribution in [-0.4, -0.2) is 23.4 Å². The fourth-order valence-corrected chi connectivity index (χ4v) is 4.69. The molecule has 7 nitrogen and oxygen atoms in total. The summed E-state index contributed by atoms with van der Waals surface area (Å²) in [5.74, 6) is 0.693. The number of benzene rings is 2. The molecule has 0 spiro atoms. The summed E-state index contributed by atoms with van der Waals surface area (Å²) in [6.45, 7) is 6.32. The number of amides is 2. The summed E-state index contributed by atoms with van der Waals surface area (Å²) in [7, 11) is 0. The maximum absolute atomic E-state index is 14.0. The Kier molecular flexibility index (Phi) is 7.62. The van der Waals surface area contributed by atoms with Crippen molar-refractivity contribution in [3.05, 3.63) is 99.9 Å². The van der Waals surface area contributed by atoms with E-state index in [1.54, 1.807) is 42.7 Å². The number of aryl methyl sites for hydroxylation is 2. The van der Waals surface area contributed by atoms with Crippen LogP contribution < -0.4 is 15.0 Å². The second-order valence-electron chi connectivity index (χ2n) is 7.86. The normalized spacial score (nSPS) is 11.6. The van der Waals surface area contributed by atoms with Gasteiger partial charge in [0.15, 0.2) is 0 Å². The predicted molar refractivity (Wildman–Crippen MR) is 136 cm³/mol. The average molecular weight is 490 g/mol. The van der Waals surface area contributed by atoms with Crippen LogP contribution in [0.25, 0.3) is 0 Å². The van der Waals surface area contributed by atoms with Gasteiger partial charge in [0.2, 0.25) is 5.91 Å². The van der Waals surface area contributed by atoms with Gasteiger partial charge in [0.05, 0.1) is 30.1 Å². The SMILES string of the molecule is CCOc1ccc(N(C(=O)c2sc(C)nc2C)[C@@H](C(=O)NCc2ccco2)c2ccccc2)cc1. The lowest BCUT2D eigenvalue weighted by Crippen LogP contribution is -2.43. The molecule has 0 aliphatic rings. The molecule has 2 amide bonds. The molecular weight excluding hydrogens is 462 g/mol. The van der Waals surface area contributed by atoms with Crippen LogP contribution in [0.1, 0.15) is 44.7 Å². The summed E-state index contributed by atoms with van der Waals surface area (Å²) in [5, 5.41) is 3.72. The molecule has 0 radical (unpaired) electrons. The summed E-state index contributed by atoms with van der Waals surface area (Å²) in [5.41, 5.74) is 1.90. The number of aromatic nitrogens is 1. The minimum Gasteiger partial charge on any atom is -0.494 e. The van der Waals surface area contributed by atoms with E-state index >= 15 is 0 Å². The van der Waals surface area contributed by atoms with Crippen molar-refractivity contribution in [3.8, 4) is 5.75 Å². The number of rotatable bonds is 9. The van der Waals surface area contributed by atoms with E-state index in [0.29, 0.717) is 39.9 Å². The minimum atomic E-state index is -0.918. The Labute approximate surface area is 208 Å². The summed E-state index contributed by atoms with van der Waals surface area (Å²) in [4.78, 5) is 34.1. The number of carbonyl (C=O) groups is 2. The van der Waals surface area contributed by atoms with E-state index in [1.165, 1.54) is 16.2 Å². The van der Waals surface area contributed by atoms with E-state index in [2.05, 4.69) is 10.3 Å². The highest BCUT2D eigenvalue weighted by Gasteiger charge is 2.35. The smallest absolute Gasteiger partial charge is 0.271 e. The van der Waals surface area contributed by atoms with Crippen LogP contribution in [-0.2, 0) is 11.3 Å². The summed E-state index contributed by atoms with van der Waals surface area (Å²) >= 11 is 1.32. The predicted octanol–water partition coefficient (Wildman–Crippen LogP) is 5.46. The van der Waals surface area contributed by atoms with Gasteiger partial charge in [-0.1, -0.05) is 30.3 Å². The molecule has 4 rings (SSSR count). The maximum atomic E-state index is 14.0. The molecule has 0 aliphatic heterocycles. The van der Waals surface area contributed by atoms with Crippen molar-refractivity contribution in [1.29, 1.82) is 0 Å². The van der Waals surface area contributed by atoms with E-state index in [-0.39, 0.29) is 18.4 Å². The van der Waals surface area contributed by atoms with Gasteiger partial charge in [-0.15, -0.1) is 11.3 Å². The molecule has 180 valence electrons. The number of thiazole rings is 1. The van der Waals surface area contributed by atoms with Gasteiger partial charge in [-0.25, -0.2) is 4.98 Å². The van der Waals surface area contributed by atoms with Gasteiger partial charge in [-0.2, -0.15) is 0 Å². The van der Waals surface area contributed by atoms with Gasteiger partial charge >= 0.3 is 0 Å². The van der Waals surface area contributed by atoms with Crippen molar-refractivity contribution in [1.82, 2.24) is 10.3 Å². The fraction of sp³-hybridized carbons (Fsp3) is 0.222. The fourth-order valence-electron chi connectivity index (χ4n) is 3.83. The average Bonchev–Trinajstić information content (AvgIpc) is 3.51. The number of hydrogen-bond acceptors (Lipinski definition) is 6. The van der Waals surface area contributed by atoms with Gasteiger partial charge in [0.25, 0.3) is 5.91 Å². The first-order valence-electron chi connectivity index (χ1n) is 11.3. The second-order valence-corrected chi connectivity index (χ2v) is 9.06. The Morgan fingerprint density at radius 3 is 2.40 bits per heavy atom. The first kappa shape index (κ1) is 24.2. The maximum Gasteiger partial charge on any atom is 0.271 e. The van der Waals surface area contributed by atoms with E-state index in [4.69, 9.17) is 9.15 Å². The molecular formula is C27H27N3O4S. The molecule has 1 N–H and O–H groups in total. The quantitative estimate of drug-likeness (QED) is 0.338. The third kappa shape index (κ3) is 5.60. The number of nitrogens with zero attached hydrogens (tertiary/aromatic N) is 2. The zero-order chi connectivity index (χ0) is 24.8. The molecule has 2 heterocycles. The highest BCUT2D eigenvalue weighted by Crippen LogP contribution is 2.33. The zero-order valence-corrected chi connectivity index (χ0v) is 20.7. The lowest BCUT2D eigenvalue weighted by atomic mass is 10.0. The molecule has 2 aromatic carbocycles. The molecule has 0 aliphatic carbocycles. The van der Waals surface area contributed by atoms with Crippen molar-refractivity contribution in [2.45, 2.75) is 33.4 Å². The van der Waals surface area contributed by atoms with Gasteiger partial charge < -0.3 is 14.5 Å². The molecule has 0 saturated carbocycles. The van der Waals surface area contributed by atoms with Crippen molar-refractivity contribution < 1.29 is 18.7 Å². The third-order valence-corrected chi connectivity index (χ3v) is 6.44. The highest BCUT2D eigenvalue weighted by atomic mass is 32.1. The largest absolute Gasteiger partial charge is 0.494 e. The molecule has 0 saturated heterocycles. The molecule has 35 heavy (non-hydrogen) atoms. The van der Waals surface area contributed by atoms with E-state index < -0.39 is 6.04 Å². The number of furan rings is 1. The second kappa shape index (κ2) is 11.0. The van der Waals surface area contributed by atoms with Crippen LogP contribution in [0, 0.1) is 13.8 Å². The Balaban J connectivity index is 1.79. The summed E-state index contributed by atoms with van der Waals surface area (Å²) in [6.07, 6.45) is 1.56. The first-order chi connectivity index (χ1) is 17.0. The van der Waals surface area contributed by atoms with Crippen LogP contribution in [0.4, 0.5) is 5.69 Å². The van der Waals surface area contributed by atoms with Gasteiger partial charge in [0.1, 0.15) is 22.4 Å². The molecule has 0 bridgehead atoms. The standard InChI is InChI=1S/C27H27N3O4S/c1-4-33-22-14-12-21(13-15-22)30(27(32)25-18(2)29-19(3)35-25)24(20-9-6-5-7-10-20)26(31)28-17-23-11-8-16-34-23/h5-16,24H,4,17H2,1-3H3,(H,28,31)/t24-/m1/s1. The molecule has 4 aromatic rings. The molecule has 8 heteroatoms. The first-order valence-corrected chi connectivity index (χ1v) is 12.1. The Morgan fingerprint density at radius 2 is 1.80 bits per heavy atom. The number of ether oxygens (including phenoxy) is 1. The lowest BCUT2D eigenvalue weighted by Gasteiger charge is -2.31. The van der Waals surface area contributed by atoms with Crippen molar-refractivity contribution >= 4 is 28.8 Å². The molecule has 0 fully saturated rings. The summed E-state index contributed by atoms with van der Waals surface area (Å²) in [6, 6.07) is 19.1. The molecule has 0 unspecified atom stereocenters. The lowest BCUT2D eigenvalue weighted by molar-refractivity contribution is -0.122. The Morgan fingerprint density at radius 1 is 1.06 bits per heavy atom. The van der Waals surface area contributed by atoms with E-state index in [0.717, 1.165) is 5.01 Å². The van der Waals surface area contributed by atoms with Gasteiger partial charge in [-0.3, -0.25) is 14.5 Å². The van der Waals surface area contributed by atoms with Crippen LogP contribution in [0.3, 0.4) is 0 Å². The van der Waals surface area contributed by atoms with Crippen molar-refractivity contribution in [2.24, 2.45) is 0 Å². The third-order valence-electron chi connectivity index (χ3n) is 5.38. The zero-order valence-electron chi connectivity index (χ0n) is 19.9. The Hall–Kier alpha value is -3.91.